The smallest absolute Gasteiger partial charge is 0.335 e. The maximum Gasteiger partial charge on any atom is 0.335 e. The van der Waals surface area contributed by atoms with Gasteiger partial charge in [0, 0.05) is 11.7 Å². The highest BCUT2D eigenvalue weighted by Crippen LogP contribution is 2.20. The van der Waals surface area contributed by atoms with Gasteiger partial charge in [-0.1, -0.05) is 20.8 Å². The van der Waals surface area contributed by atoms with Gasteiger partial charge < -0.3 is 10.4 Å². The molecule has 1 rings (SSSR count). The molecule has 0 bridgehead atoms. The van der Waals surface area contributed by atoms with E-state index in [0.29, 0.717) is 17.5 Å². The van der Waals surface area contributed by atoms with Crippen molar-refractivity contribution in [1.29, 1.82) is 0 Å². The number of benzene rings is 1. The van der Waals surface area contributed by atoms with E-state index in [2.05, 4.69) is 26.1 Å². The molecule has 0 fully saturated rings. The molecule has 94 valence electrons. The molecule has 3 heteroatoms. The highest BCUT2D eigenvalue weighted by atomic mass is 16.4. The number of aryl methyl sites for hydroxylation is 1. The second-order valence-corrected chi connectivity index (χ2v) is 4.74. The molecule has 0 spiro atoms. The topological polar surface area (TPSA) is 49.3 Å². The van der Waals surface area contributed by atoms with Gasteiger partial charge in [0.25, 0.3) is 0 Å². The van der Waals surface area contributed by atoms with Crippen molar-refractivity contribution in [3.05, 3.63) is 29.3 Å². The minimum atomic E-state index is -0.879. The third-order valence-electron chi connectivity index (χ3n) is 3.06. The Morgan fingerprint density at radius 2 is 2.06 bits per heavy atom. The van der Waals surface area contributed by atoms with Crippen LogP contribution in [-0.4, -0.2) is 17.1 Å². The highest BCUT2D eigenvalue weighted by Gasteiger charge is 2.12. The molecule has 0 amide bonds. The summed E-state index contributed by atoms with van der Waals surface area (Å²) in [4.78, 5) is 10.8. The highest BCUT2D eigenvalue weighted by molar-refractivity contribution is 5.88. The maximum atomic E-state index is 10.8. The van der Waals surface area contributed by atoms with E-state index in [1.54, 1.807) is 12.1 Å². The van der Waals surface area contributed by atoms with Gasteiger partial charge in [-0.2, -0.15) is 0 Å². The molecule has 0 aromatic heterocycles. The number of carboxylic acid groups (broad SMARTS) is 1. The summed E-state index contributed by atoms with van der Waals surface area (Å²) >= 11 is 0. The van der Waals surface area contributed by atoms with Gasteiger partial charge in [0.1, 0.15) is 0 Å². The van der Waals surface area contributed by atoms with Crippen LogP contribution in [0.1, 0.15) is 43.1 Å². The van der Waals surface area contributed by atoms with Crippen molar-refractivity contribution in [2.24, 2.45) is 5.92 Å². The van der Waals surface area contributed by atoms with Gasteiger partial charge in [-0.3, -0.25) is 0 Å². The summed E-state index contributed by atoms with van der Waals surface area (Å²) in [6.07, 6.45) is 1.05. The first kappa shape index (κ1) is 13.6. The summed E-state index contributed by atoms with van der Waals surface area (Å²) in [6.45, 7) is 8.45. The van der Waals surface area contributed by atoms with Crippen LogP contribution in [0.5, 0.6) is 0 Å². The predicted molar refractivity (Wildman–Crippen MR) is 70.7 cm³/mol. The quantitative estimate of drug-likeness (QED) is 0.820. The Kier molecular flexibility index (Phi) is 4.55. The fraction of sp³-hybridized carbons (Fsp3) is 0.500. The number of hydrogen-bond donors (Lipinski definition) is 2. The van der Waals surface area contributed by atoms with Crippen molar-refractivity contribution >= 4 is 11.7 Å². The largest absolute Gasteiger partial charge is 0.478 e. The Balaban J connectivity index is 2.89. The predicted octanol–water partition coefficient (Wildman–Crippen LogP) is 3.54. The van der Waals surface area contributed by atoms with Crippen LogP contribution in [0.2, 0.25) is 0 Å². The fourth-order valence-electron chi connectivity index (χ4n) is 1.90. The standard InChI is InChI=1S/C14H21NO2/c1-5-12(9(2)3)15-13-7-6-11(14(16)17)8-10(13)4/h6-9,12,15H,5H2,1-4H3,(H,16,17). The molecular weight excluding hydrogens is 214 g/mol. The molecular formula is C14H21NO2. The second kappa shape index (κ2) is 5.71. The molecule has 17 heavy (non-hydrogen) atoms. The van der Waals surface area contributed by atoms with Crippen LogP contribution in [0, 0.1) is 12.8 Å². The number of anilines is 1. The summed E-state index contributed by atoms with van der Waals surface area (Å²) < 4.78 is 0. The lowest BCUT2D eigenvalue weighted by molar-refractivity contribution is 0.0697. The van der Waals surface area contributed by atoms with Crippen LogP contribution < -0.4 is 5.32 Å². The zero-order valence-corrected chi connectivity index (χ0v) is 10.9. The molecule has 0 saturated carbocycles. The Morgan fingerprint density at radius 1 is 1.41 bits per heavy atom. The van der Waals surface area contributed by atoms with Crippen LogP contribution in [0.15, 0.2) is 18.2 Å². The summed E-state index contributed by atoms with van der Waals surface area (Å²) in [5.41, 5.74) is 2.34. The second-order valence-electron chi connectivity index (χ2n) is 4.74. The Hall–Kier alpha value is -1.51. The van der Waals surface area contributed by atoms with E-state index in [9.17, 15) is 4.79 Å². The van der Waals surface area contributed by atoms with Crippen molar-refractivity contribution in [1.82, 2.24) is 0 Å². The molecule has 0 heterocycles. The molecule has 0 saturated heterocycles. The molecule has 1 aromatic rings. The molecule has 0 radical (unpaired) electrons. The van der Waals surface area contributed by atoms with E-state index >= 15 is 0 Å². The van der Waals surface area contributed by atoms with Gasteiger partial charge in [0.2, 0.25) is 0 Å². The average molecular weight is 235 g/mol. The lowest BCUT2D eigenvalue weighted by Crippen LogP contribution is -2.25. The lowest BCUT2D eigenvalue weighted by Gasteiger charge is -2.23. The van der Waals surface area contributed by atoms with E-state index in [4.69, 9.17) is 5.11 Å². The van der Waals surface area contributed by atoms with E-state index in [-0.39, 0.29) is 0 Å². The van der Waals surface area contributed by atoms with Gasteiger partial charge in [-0.05, 0) is 43.0 Å². The molecule has 0 aliphatic carbocycles. The van der Waals surface area contributed by atoms with Crippen molar-refractivity contribution < 1.29 is 9.90 Å². The van der Waals surface area contributed by atoms with E-state index in [0.717, 1.165) is 17.7 Å². The number of carbonyl (C=O) groups is 1. The Morgan fingerprint density at radius 3 is 2.47 bits per heavy atom. The number of carboxylic acids is 1. The first-order valence-electron chi connectivity index (χ1n) is 6.06. The molecule has 3 nitrogen and oxygen atoms in total. The van der Waals surface area contributed by atoms with Gasteiger partial charge >= 0.3 is 5.97 Å². The van der Waals surface area contributed by atoms with Crippen molar-refractivity contribution in [2.45, 2.75) is 40.2 Å². The fourth-order valence-corrected chi connectivity index (χ4v) is 1.90. The molecule has 1 aromatic carbocycles. The number of rotatable bonds is 5. The molecule has 0 aliphatic heterocycles. The van der Waals surface area contributed by atoms with Crippen LogP contribution in [0.25, 0.3) is 0 Å². The number of aromatic carboxylic acids is 1. The minimum Gasteiger partial charge on any atom is -0.478 e. The Bertz CT molecular complexity index is 399. The van der Waals surface area contributed by atoms with Crippen molar-refractivity contribution in [2.75, 3.05) is 5.32 Å². The maximum absolute atomic E-state index is 10.8. The van der Waals surface area contributed by atoms with Gasteiger partial charge in [-0.15, -0.1) is 0 Å². The molecule has 2 N–H and O–H groups in total. The van der Waals surface area contributed by atoms with E-state index < -0.39 is 5.97 Å². The van der Waals surface area contributed by atoms with Crippen molar-refractivity contribution in [3.63, 3.8) is 0 Å². The average Bonchev–Trinajstić information content (AvgIpc) is 2.26. The monoisotopic (exact) mass is 235 g/mol. The summed E-state index contributed by atoms with van der Waals surface area (Å²) in [7, 11) is 0. The van der Waals surface area contributed by atoms with E-state index in [1.807, 2.05) is 13.0 Å². The van der Waals surface area contributed by atoms with Crippen molar-refractivity contribution in [3.8, 4) is 0 Å². The van der Waals surface area contributed by atoms with Crippen LogP contribution in [0.3, 0.4) is 0 Å². The van der Waals surface area contributed by atoms with Crippen LogP contribution >= 0.6 is 0 Å². The molecule has 1 unspecified atom stereocenters. The summed E-state index contributed by atoms with van der Waals surface area (Å²) in [5, 5.41) is 12.4. The van der Waals surface area contributed by atoms with Crippen LogP contribution in [0.4, 0.5) is 5.69 Å². The number of hydrogen-bond acceptors (Lipinski definition) is 2. The lowest BCUT2D eigenvalue weighted by atomic mass is 10.0. The third-order valence-corrected chi connectivity index (χ3v) is 3.06. The molecule has 0 aliphatic rings. The normalized spacial score (nSPS) is 12.5. The first-order valence-corrected chi connectivity index (χ1v) is 6.06. The van der Waals surface area contributed by atoms with E-state index in [1.165, 1.54) is 0 Å². The third kappa shape index (κ3) is 3.48. The zero-order valence-electron chi connectivity index (χ0n) is 10.9. The summed E-state index contributed by atoms with van der Waals surface area (Å²) in [5.74, 6) is -0.325. The van der Waals surface area contributed by atoms with Gasteiger partial charge in [-0.25, -0.2) is 4.79 Å². The summed E-state index contributed by atoms with van der Waals surface area (Å²) in [6, 6.07) is 5.62. The van der Waals surface area contributed by atoms with Crippen LogP contribution in [-0.2, 0) is 0 Å². The SMILES string of the molecule is CCC(Nc1ccc(C(=O)O)cc1C)C(C)C. The first-order chi connectivity index (χ1) is 7.95. The molecule has 1 atom stereocenters. The Labute approximate surface area is 103 Å². The minimum absolute atomic E-state index is 0.339. The number of nitrogens with one attached hydrogen (secondary N) is 1. The van der Waals surface area contributed by atoms with Gasteiger partial charge in [0.15, 0.2) is 0 Å². The zero-order chi connectivity index (χ0) is 13.0. The van der Waals surface area contributed by atoms with Gasteiger partial charge in [0.05, 0.1) is 5.56 Å².